The fraction of sp³-hybridized carbons (Fsp3) is 0.524. The molecule has 0 saturated heterocycles. The zero-order chi connectivity index (χ0) is 21.4. The molecule has 1 aliphatic carbocycles. The van der Waals surface area contributed by atoms with Gasteiger partial charge in [0.2, 0.25) is 0 Å². The molecular formula is C21H25F4N3O. The molecule has 0 aromatic carbocycles. The zero-order valence-electron chi connectivity index (χ0n) is 16.6. The van der Waals surface area contributed by atoms with Crippen LogP contribution < -0.4 is 10.5 Å². The van der Waals surface area contributed by atoms with Crippen LogP contribution in [0.2, 0.25) is 0 Å². The summed E-state index contributed by atoms with van der Waals surface area (Å²) in [5.74, 6) is 0.301. The van der Waals surface area contributed by atoms with Gasteiger partial charge in [0.1, 0.15) is 23.7 Å². The van der Waals surface area contributed by atoms with Crippen LogP contribution in [0.25, 0.3) is 11.3 Å². The highest BCUT2D eigenvalue weighted by molar-refractivity contribution is 5.60. The summed E-state index contributed by atoms with van der Waals surface area (Å²) < 4.78 is 58.7. The topological polar surface area (TPSA) is 61.0 Å². The molecule has 0 radical (unpaired) electrons. The minimum absolute atomic E-state index is 0.0527. The Labute approximate surface area is 167 Å². The van der Waals surface area contributed by atoms with Crippen LogP contribution in [0.15, 0.2) is 30.5 Å². The predicted octanol–water partition coefficient (Wildman–Crippen LogP) is 5.55. The van der Waals surface area contributed by atoms with Gasteiger partial charge in [0.25, 0.3) is 12.9 Å². The standard InChI is InChI=1S/C21H25F4N3O/c1-12(2)21(7-8-21)20(3,26)11-29-16-5-4-14(28-17(16)19(24)25)13-6-9-27-15(10-13)18(22)23/h4-6,9-10,12,18-19H,7-8,11,26H2,1-3H3/t20-/m1/s1. The van der Waals surface area contributed by atoms with E-state index < -0.39 is 29.8 Å². The van der Waals surface area contributed by atoms with Crippen molar-refractivity contribution in [3.63, 3.8) is 0 Å². The Bertz CT molecular complexity index is 867. The molecule has 158 valence electrons. The van der Waals surface area contributed by atoms with Crippen LogP contribution in [-0.2, 0) is 0 Å². The SMILES string of the molecule is CC(C)C1([C@](C)(N)COc2ccc(-c3ccnc(C(F)F)c3)nc2C(F)F)CC1. The molecule has 0 spiro atoms. The molecular weight excluding hydrogens is 386 g/mol. The lowest BCUT2D eigenvalue weighted by Gasteiger charge is -2.37. The van der Waals surface area contributed by atoms with Crippen molar-refractivity contribution in [3.05, 3.63) is 41.9 Å². The van der Waals surface area contributed by atoms with Crippen molar-refractivity contribution in [2.45, 2.75) is 52.0 Å². The van der Waals surface area contributed by atoms with Crippen molar-refractivity contribution in [1.29, 1.82) is 0 Å². The number of halogens is 4. The van der Waals surface area contributed by atoms with Crippen LogP contribution in [0.3, 0.4) is 0 Å². The van der Waals surface area contributed by atoms with Gasteiger partial charge in [-0.25, -0.2) is 22.5 Å². The van der Waals surface area contributed by atoms with E-state index in [1.165, 1.54) is 24.4 Å². The molecule has 4 nitrogen and oxygen atoms in total. The molecule has 0 unspecified atom stereocenters. The normalized spacial score (nSPS) is 17.6. The third kappa shape index (κ3) is 4.22. The van der Waals surface area contributed by atoms with Crippen LogP contribution in [0.5, 0.6) is 5.75 Å². The monoisotopic (exact) mass is 411 g/mol. The summed E-state index contributed by atoms with van der Waals surface area (Å²) in [7, 11) is 0. The molecule has 1 saturated carbocycles. The number of nitrogens with zero attached hydrogens (tertiary/aromatic N) is 2. The van der Waals surface area contributed by atoms with Crippen molar-refractivity contribution in [3.8, 4) is 17.0 Å². The second kappa shape index (κ2) is 7.89. The van der Waals surface area contributed by atoms with E-state index in [0.29, 0.717) is 5.92 Å². The van der Waals surface area contributed by atoms with Crippen LogP contribution in [0.1, 0.15) is 57.9 Å². The van der Waals surface area contributed by atoms with Gasteiger partial charge < -0.3 is 10.5 Å². The lowest BCUT2D eigenvalue weighted by atomic mass is 9.76. The maximum absolute atomic E-state index is 13.6. The van der Waals surface area contributed by atoms with Gasteiger partial charge in [-0.3, -0.25) is 4.98 Å². The molecule has 0 bridgehead atoms. The van der Waals surface area contributed by atoms with E-state index in [0.717, 1.165) is 18.9 Å². The summed E-state index contributed by atoms with van der Waals surface area (Å²) in [4.78, 5) is 7.54. The van der Waals surface area contributed by atoms with E-state index in [9.17, 15) is 17.6 Å². The minimum atomic E-state index is -2.88. The van der Waals surface area contributed by atoms with Crippen LogP contribution in [-0.4, -0.2) is 22.1 Å². The number of nitrogens with two attached hydrogens (primary N) is 1. The van der Waals surface area contributed by atoms with Crippen LogP contribution in [0.4, 0.5) is 17.6 Å². The molecule has 2 aromatic heterocycles. The Balaban J connectivity index is 1.85. The van der Waals surface area contributed by atoms with Crippen LogP contribution >= 0.6 is 0 Å². The summed E-state index contributed by atoms with van der Waals surface area (Å²) in [5.41, 5.74) is 5.21. The molecule has 3 rings (SSSR count). The van der Waals surface area contributed by atoms with Gasteiger partial charge in [-0.2, -0.15) is 0 Å². The van der Waals surface area contributed by atoms with Crippen molar-refractivity contribution < 1.29 is 22.3 Å². The van der Waals surface area contributed by atoms with Crippen molar-refractivity contribution >= 4 is 0 Å². The molecule has 1 aliphatic rings. The number of aromatic nitrogens is 2. The van der Waals surface area contributed by atoms with E-state index in [1.807, 2.05) is 6.92 Å². The van der Waals surface area contributed by atoms with Gasteiger partial charge in [-0.1, -0.05) is 13.8 Å². The largest absolute Gasteiger partial charge is 0.490 e. The van der Waals surface area contributed by atoms with Gasteiger partial charge in [-0.05, 0) is 55.4 Å². The first-order valence-electron chi connectivity index (χ1n) is 9.52. The molecule has 2 N–H and O–H groups in total. The summed E-state index contributed by atoms with van der Waals surface area (Å²) >= 11 is 0. The predicted molar refractivity (Wildman–Crippen MR) is 102 cm³/mol. The third-order valence-electron chi connectivity index (χ3n) is 5.95. The van der Waals surface area contributed by atoms with E-state index in [2.05, 4.69) is 23.8 Å². The fourth-order valence-corrected chi connectivity index (χ4v) is 3.94. The molecule has 1 fully saturated rings. The Kier molecular flexibility index (Phi) is 5.85. The lowest BCUT2D eigenvalue weighted by molar-refractivity contribution is 0.110. The molecule has 2 aromatic rings. The highest BCUT2D eigenvalue weighted by Crippen LogP contribution is 2.58. The molecule has 1 atom stereocenters. The first-order chi connectivity index (χ1) is 13.6. The molecule has 2 heterocycles. The minimum Gasteiger partial charge on any atom is -0.490 e. The zero-order valence-corrected chi connectivity index (χ0v) is 16.6. The lowest BCUT2D eigenvalue weighted by Crippen LogP contribution is -2.52. The first kappa shape index (κ1) is 21.5. The Hall–Kier alpha value is -2.22. The summed E-state index contributed by atoms with van der Waals surface area (Å²) in [6.07, 6.45) is -2.48. The van der Waals surface area contributed by atoms with E-state index in [-0.39, 0.29) is 29.0 Å². The number of rotatable bonds is 8. The number of ether oxygens (including phenoxy) is 1. The van der Waals surface area contributed by atoms with Gasteiger partial charge in [0, 0.05) is 11.8 Å². The molecule has 0 amide bonds. The molecule has 0 aliphatic heterocycles. The van der Waals surface area contributed by atoms with E-state index in [1.54, 1.807) is 0 Å². The Morgan fingerprint density at radius 2 is 1.83 bits per heavy atom. The summed E-state index contributed by atoms with van der Waals surface area (Å²) in [5, 5.41) is 0. The second-order valence-electron chi connectivity index (χ2n) is 8.17. The van der Waals surface area contributed by atoms with Crippen molar-refractivity contribution in [2.24, 2.45) is 17.1 Å². The summed E-state index contributed by atoms with van der Waals surface area (Å²) in [6.45, 7) is 6.16. The molecule has 29 heavy (non-hydrogen) atoms. The third-order valence-corrected chi connectivity index (χ3v) is 5.95. The average molecular weight is 411 g/mol. The first-order valence-corrected chi connectivity index (χ1v) is 9.52. The fourth-order valence-electron chi connectivity index (χ4n) is 3.94. The number of hydrogen-bond acceptors (Lipinski definition) is 4. The van der Waals surface area contributed by atoms with Gasteiger partial charge in [0.15, 0.2) is 0 Å². The smallest absolute Gasteiger partial charge is 0.284 e. The Morgan fingerprint density at radius 3 is 2.38 bits per heavy atom. The second-order valence-corrected chi connectivity index (χ2v) is 8.17. The van der Waals surface area contributed by atoms with Crippen molar-refractivity contribution in [2.75, 3.05) is 6.61 Å². The number of alkyl halides is 4. The number of pyridine rings is 2. The maximum Gasteiger partial charge on any atom is 0.284 e. The summed E-state index contributed by atoms with van der Waals surface area (Å²) in [6, 6.07) is 5.44. The highest BCUT2D eigenvalue weighted by Gasteiger charge is 2.57. The van der Waals surface area contributed by atoms with Gasteiger partial charge in [0.05, 0.1) is 11.2 Å². The van der Waals surface area contributed by atoms with Crippen molar-refractivity contribution in [1.82, 2.24) is 9.97 Å². The van der Waals surface area contributed by atoms with Gasteiger partial charge in [-0.15, -0.1) is 0 Å². The highest BCUT2D eigenvalue weighted by atomic mass is 19.3. The maximum atomic E-state index is 13.6. The van der Waals surface area contributed by atoms with E-state index >= 15 is 0 Å². The number of hydrogen-bond donors (Lipinski definition) is 1. The van der Waals surface area contributed by atoms with Gasteiger partial charge >= 0.3 is 0 Å². The molecule has 8 heteroatoms. The Morgan fingerprint density at radius 1 is 1.14 bits per heavy atom. The van der Waals surface area contributed by atoms with E-state index in [4.69, 9.17) is 10.5 Å². The van der Waals surface area contributed by atoms with Crippen LogP contribution in [0, 0.1) is 11.3 Å². The average Bonchev–Trinajstić information content (AvgIpc) is 3.49. The quantitative estimate of drug-likeness (QED) is 0.579.